The summed E-state index contributed by atoms with van der Waals surface area (Å²) in [6.45, 7) is 0. The van der Waals surface area contributed by atoms with Crippen molar-refractivity contribution in [2.75, 3.05) is 7.11 Å². The summed E-state index contributed by atoms with van der Waals surface area (Å²) in [4.78, 5) is 29.1. The van der Waals surface area contributed by atoms with Gasteiger partial charge in [-0.15, -0.1) is 0 Å². The van der Waals surface area contributed by atoms with Gasteiger partial charge < -0.3 is 4.74 Å². The van der Waals surface area contributed by atoms with Crippen LogP contribution in [-0.4, -0.2) is 26.4 Å². The van der Waals surface area contributed by atoms with Crippen molar-refractivity contribution in [2.24, 2.45) is 0 Å². The lowest BCUT2D eigenvalue weighted by Gasteiger charge is -2.08. The number of halogens is 1. The van der Waals surface area contributed by atoms with Gasteiger partial charge in [0, 0.05) is 17.2 Å². The van der Waals surface area contributed by atoms with Gasteiger partial charge in [0.05, 0.1) is 20.3 Å². The summed E-state index contributed by atoms with van der Waals surface area (Å²) >= 11 is 5.81. The fourth-order valence-corrected chi connectivity index (χ4v) is 3.90. The van der Waals surface area contributed by atoms with Gasteiger partial charge in [-0.05, 0) is 42.5 Å². The molecule has 148 valence electrons. The van der Waals surface area contributed by atoms with Crippen molar-refractivity contribution in [3.63, 3.8) is 0 Å². The van der Waals surface area contributed by atoms with Crippen LogP contribution < -0.4 is 4.74 Å². The number of nitrogens with zero attached hydrogens (tertiary/aromatic N) is 1. The largest absolute Gasteiger partial charge is 0.415 e. The maximum Gasteiger partial charge on any atom is 0.358 e. The van der Waals surface area contributed by atoms with Gasteiger partial charge in [0.2, 0.25) is 15.6 Å². The topological polar surface area (TPSA) is 89.8 Å². The number of benzene rings is 3. The first kappa shape index (κ1) is 20.5. The quantitative estimate of drug-likeness (QED) is 0.326. The first-order chi connectivity index (χ1) is 13.8. The van der Waals surface area contributed by atoms with Crippen molar-refractivity contribution in [3.05, 3.63) is 88.3 Å². The number of sulfone groups is 1. The number of carbonyl (C=O) groups excluding carboxylic acids is 1. The molecule has 0 aliphatic heterocycles. The third-order valence-corrected chi connectivity index (χ3v) is 5.96. The van der Waals surface area contributed by atoms with E-state index >= 15 is 0 Å². The van der Waals surface area contributed by atoms with Crippen molar-refractivity contribution in [1.29, 1.82) is 0 Å². The maximum absolute atomic E-state index is 12.9. The van der Waals surface area contributed by atoms with Crippen LogP contribution in [0.3, 0.4) is 0 Å². The minimum Gasteiger partial charge on any atom is -0.415 e. The summed E-state index contributed by atoms with van der Waals surface area (Å²) in [5.41, 5.74) is 0.00774. The number of ether oxygens (including phenoxy) is 1. The summed E-state index contributed by atoms with van der Waals surface area (Å²) < 4.78 is 31.0. The lowest BCUT2D eigenvalue weighted by atomic mass is 10.2. The van der Waals surface area contributed by atoms with E-state index in [-0.39, 0.29) is 31.7 Å². The molecule has 0 atom stereocenters. The Bertz CT molecular complexity index is 1160. The summed E-state index contributed by atoms with van der Waals surface area (Å²) in [5.74, 6) is -1.06. The van der Waals surface area contributed by atoms with Crippen LogP contribution >= 0.6 is 11.6 Å². The van der Waals surface area contributed by atoms with Gasteiger partial charge in [-0.25, -0.2) is 18.0 Å². The van der Waals surface area contributed by atoms with Crippen LogP contribution in [-0.2, 0) is 14.7 Å². The van der Waals surface area contributed by atoms with Crippen molar-refractivity contribution >= 4 is 33.1 Å². The zero-order chi connectivity index (χ0) is 21.0. The standard InChI is InChI=1S/C20H15ClNO6S/c1-27-22(24)18-12-11-17(29(25,26)16-5-3-2-4-6-16)13-19(18)28-20(23)14-7-9-15(21)10-8-14/h2-13H,1H3/q+1. The molecule has 0 heterocycles. The average Bonchev–Trinajstić information content (AvgIpc) is 2.74. The van der Waals surface area contributed by atoms with E-state index < -0.39 is 15.8 Å². The third-order valence-electron chi connectivity index (χ3n) is 3.94. The predicted octanol–water partition coefficient (Wildman–Crippen LogP) is 4.36. The van der Waals surface area contributed by atoms with Crippen molar-refractivity contribution < 1.29 is 27.7 Å². The Morgan fingerprint density at radius 1 is 0.931 bits per heavy atom. The zero-order valence-electron chi connectivity index (χ0n) is 15.1. The van der Waals surface area contributed by atoms with Crippen molar-refractivity contribution in [2.45, 2.75) is 9.79 Å². The van der Waals surface area contributed by atoms with Crippen molar-refractivity contribution in [3.8, 4) is 5.75 Å². The smallest absolute Gasteiger partial charge is 0.358 e. The molecular formula is C20H15ClNO6S+. The van der Waals surface area contributed by atoms with E-state index in [1.54, 1.807) is 18.2 Å². The fraction of sp³-hybridized carbons (Fsp3) is 0.0500. The minimum atomic E-state index is -3.89. The molecule has 0 saturated carbocycles. The van der Waals surface area contributed by atoms with Crippen molar-refractivity contribution in [1.82, 2.24) is 0 Å². The number of esters is 1. The number of hydrogen-bond acceptors (Lipinski definition) is 6. The molecule has 0 amide bonds. The highest BCUT2D eigenvalue weighted by Crippen LogP contribution is 2.33. The van der Waals surface area contributed by atoms with E-state index in [0.717, 1.165) is 13.2 Å². The second-order valence-corrected chi connectivity index (χ2v) is 8.17. The summed E-state index contributed by atoms with van der Waals surface area (Å²) in [7, 11) is -2.76. The lowest BCUT2D eigenvalue weighted by molar-refractivity contribution is -0.736. The van der Waals surface area contributed by atoms with Crippen LogP contribution in [0.15, 0.2) is 82.6 Å². The molecule has 0 N–H and O–H groups in total. The molecule has 29 heavy (non-hydrogen) atoms. The van der Waals surface area contributed by atoms with Gasteiger partial charge in [0.25, 0.3) is 4.92 Å². The molecule has 0 saturated heterocycles. The van der Waals surface area contributed by atoms with Gasteiger partial charge in [0.15, 0.2) is 7.11 Å². The average molecular weight is 433 g/mol. The van der Waals surface area contributed by atoms with Gasteiger partial charge in [-0.3, -0.25) is 0 Å². The highest BCUT2D eigenvalue weighted by atomic mass is 35.5. The summed E-state index contributed by atoms with van der Waals surface area (Å²) in [6.07, 6.45) is 0. The van der Waals surface area contributed by atoms with Crippen LogP contribution in [0.2, 0.25) is 5.02 Å². The maximum atomic E-state index is 12.9. The van der Waals surface area contributed by atoms with Crippen LogP contribution in [0.1, 0.15) is 10.4 Å². The fourth-order valence-electron chi connectivity index (χ4n) is 2.47. The van der Waals surface area contributed by atoms with E-state index in [1.807, 2.05) is 0 Å². The first-order valence-electron chi connectivity index (χ1n) is 8.26. The predicted molar refractivity (Wildman–Crippen MR) is 105 cm³/mol. The molecule has 0 radical (unpaired) electrons. The second kappa shape index (κ2) is 8.42. The van der Waals surface area contributed by atoms with E-state index in [4.69, 9.17) is 16.3 Å². The van der Waals surface area contributed by atoms with Gasteiger partial charge in [-0.2, -0.15) is 0 Å². The zero-order valence-corrected chi connectivity index (χ0v) is 16.7. The van der Waals surface area contributed by atoms with E-state index in [9.17, 15) is 18.1 Å². The molecular weight excluding hydrogens is 418 g/mol. The molecule has 3 aromatic carbocycles. The second-order valence-electron chi connectivity index (χ2n) is 5.78. The highest BCUT2D eigenvalue weighted by Gasteiger charge is 2.28. The summed E-state index contributed by atoms with van der Waals surface area (Å²) in [5, 5.41) is 0.434. The molecule has 9 heteroatoms. The van der Waals surface area contributed by atoms with Crippen LogP contribution in [0, 0.1) is 4.91 Å². The van der Waals surface area contributed by atoms with Crippen LogP contribution in [0.5, 0.6) is 5.75 Å². The van der Waals surface area contributed by atoms with Gasteiger partial charge in [-0.1, -0.05) is 29.8 Å². The Morgan fingerprint density at radius 3 is 2.21 bits per heavy atom. The Balaban J connectivity index is 2.04. The van der Waals surface area contributed by atoms with Crippen LogP contribution in [0.4, 0.5) is 5.69 Å². The van der Waals surface area contributed by atoms with E-state index in [1.165, 1.54) is 48.5 Å². The molecule has 0 aromatic heterocycles. The molecule has 0 spiro atoms. The lowest BCUT2D eigenvalue weighted by Crippen LogP contribution is -2.12. The molecule has 0 bridgehead atoms. The highest BCUT2D eigenvalue weighted by molar-refractivity contribution is 7.91. The first-order valence-corrected chi connectivity index (χ1v) is 10.1. The molecule has 3 rings (SSSR count). The molecule has 7 nitrogen and oxygen atoms in total. The Labute approximate surface area is 171 Å². The molecule has 0 fully saturated rings. The third kappa shape index (κ3) is 4.44. The summed E-state index contributed by atoms with van der Waals surface area (Å²) in [6, 6.07) is 17.2. The Kier molecular flexibility index (Phi) is 5.95. The Morgan fingerprint density at radius 2 is 1.59 bits per heavy atom. The Hall–Kier alpha value is -3.23. The van der Waals surface area contributed by atoms with E-state index in [2.05, 4.69) is 4.84 Å². The SMILES string of the molecule is CO[N+](=O)c1ccc(S(=O)(=O)c2ccccc2)cc1OC(=O)c1ccc(Cl)cc1. The van der Waals surface area contributed by atoms with Gasteiger partial charge >= 0.3 is 11.7 Å². The van der Waals surface area contributed by atoms with E-state index in [0.29, 0.717) is 5.02 Å². The van der Waals surface area contributed by atoms with Crippen LogP contribution in [0.25, 0.3) is 0 Å². The number of carbonyl (C=O) groups is 1. The molecule has 0 aliphatic rings. The normalized spacial score (nSPS) is 11.0. The number of hydrogen-bond donors (Lipinski definition) is 0. The minimum absolute atomic E-state index is 0.0634. The molecule has 0 unspecified atom stereocenters. The number of rotatable bonds is 6. The van der Waals surface area contributed by atoms with Gasteiger partial charge in [0.1, 0.15) is 0 Å². The monoisotopic (exact) mass is 432 g/mol. The molecule has 3 aromatic rings. The molecule has 0 aliphatic carbocycles.